The van der Waals surface area contributed by atoms with E-state index in [1.165, 1.54) is 0 Å². The van der Waals surface area contributed by atoms with Crippen LogP contribution < -0.4 is 0 Å². The molecule has 2 heterocycles. The van der Waals surface area contributed by atoms with Crippen LogP contribution in [0.5, 0.6) is 0 Å². The van der Waals surface area contributed by atoms with Crippen molar-refractivity contribution in [2.75, 3.05) is 0 Å². The van der Waals surface area contributed by atoms with Gasteiger partial charge in [-0.2, -0.15) is 0 Å². The fourth-order valence-corrected chi connectivity index (χ4v) is 2.62. The zero-order valence-electron chi connectivity index (χ0n) is 9.02. The summed E-state index contributed by atoms with van der Waals surface area (Å²) >= 11 is 3.50. The quantitative estimate of drug-likeness (QED) is 0.756. The fraction of sp³-hybridized carbons (Fsp3) is 0.231. The molecule has 0 bridgehead atoms. The minimum Gasteiger partial charge on any atom is -0.457 e. The van der Waals surface area contributed by atoms with Gasteiger partial charge in [-0.3, -0.25) is 9.78 Å². The lowest BCUT2D eigenvalue weighted by atomic mass is 10.0. The van der Waals surface area contributed by atoms with Gasteiger partial charge >= 0.3 is 5.97 Å². The highest BCUT2D eigenvalue weighted by molar-refractivity contribution is 9.10. The number of cyclic esters (lactones) is 1. The maximum Gasteiger partial charge on any atom is 0.306 e. The Hall–Kier alpha value is -1.42. The molecule has 4 heteroatoms. The number of halogens is 1. The number of carbonyl (C=O) groups is 1. The maximum atomic E-state index is 11.2. The third kappa shape index (κ3) is 1.82. The van der Waals surface area contributed by atoms with Crippen molar-refractivity contribution in [3.63, 3.8) is 0 Å². The van der Waals surface area contributed by atoms with Crippen LogP contribution in [0.15, 0.2) is 34.9 Å². The Morgan fingerprint density at radius 2 is 2.24 bits per heavy atom. The SMILES string of the molecule is O=C1CCC(c2ccc(Br)c3cccnc23)O1. The van der Waals surface area contributed by atoms with E-state index in [0.29, 0.717) is 6.42 Å². The first-order valence-corrected chi connectivity index (χ1v) is 6.27. The van der Waals surface area contributed by atoms with Gasteiger partial charge in [-0.15, -0.1) is 0 Å². The number of nitrogens with zero attached hydrogens (tertiary/aromatic N) is 1. The molecule has 1 atom stereocenters. The molecule has 3 rings (SSSR count). The predicted octanol–water partition coefficient (Wildman–Crippen LogP) is 3.38. The summed E-state index contributed by atoms with van der Waals surface area (Å²) in [5.74, 6) is -0.123. The van der Waals surface area contributed by atoms with E-state index in [0.717, 1.165) is 27.4 Å². The Bertz CT molecular complexity index is 597. The summed E-state index contributed by atoms with van der Waals surface area (Å²) in [7, 11) is 0. The van der Waals surface area contributed by atoms with Gasteiger partial charge in [0.1, 0.15) is 6.10 Å². The van der Waals surface area contributed by atoms with Gasteiger partial charge in [0.05, 0.1) is 5.52 Å². The third-order valence-electron chi connectivity index (χ3n) is 2.98. The largest absolute Gasteiger partial charge is 0.457 e. The minimum absolute atomic E-state index is 0.123. The van der Waals surface area contributed by atoms with Crippen molar-refractivity contribution in [1.29, 1.82) is 0 Å². The van der Waals surface area contributed by atoms with Crippen molar-refractivity contribution in [3.8, 4) is 0 Å². The minimum atomic E-state index is -0.145. The second-order valence-electron chi connectivity index (χ2n) is 4.05. The first-order chi connectivity index (χ1) is 8.25. The van der Waals surface area contributed by atoms with E-state index in [2.05, 4.69) is 20.9 Å². The Morgan fingerprint density at radius 1 is 1.35 bits per heavy atom. The number of benzene rings is 1. The normalized spacial score (nSPS) is 19.6. The molecule has 0 N–H and O–H groups in total. The number of pyridine rings is 1. The summed E-state index contributed by atoms with van der Waals surface area (Å²) in [4.78, 5) is 15.6. The first kappa shape index (κ1) is 10.7. The number of esters is 1. The Morgan fingerprint density at radius 3 is 3.00 bits per heavy atom. The highest BCUT2D eigenvalue weighted by atomic mass is 79.9. The summed E-state index contributed by atoms with van der Waals surface area (Å²) in [6, 6.07) is 7.86. The molecule has 17 heavy (non-hydrogen) atoms. The molecule has 2 aromatic rings. The zero-order chi connectivity index (χ0) is 11.8. The summed E-state index contributed by atoms with van der Waals surface area (Å²) in [5.41, 5.74) is 1.90. The standard InChI is InChI=1S/C13H10BrNO2/c14-10-4-3-9(11-5-6-12(16)17-11)13-8(10)2-1-7-15-13/h1-4,7,11H,5-6H2. The molecule has 1 aliphatic rings. The number of ether oxygens (including phenoxy) is 1. The number of fused-ring (bicyclic) bond motifs is 1. The monoisotopic (exact) mass is 291 g/mol. The smallest absolute Gasteiger partial charge is 0.306 e. The zero-order valence-corrected chi connectivity index (χ0v) is 10.6. The van der Waals surface area contributed by atoms with Crippen LogP contribution in [0, 0.1) is 0 Å². The molecule has 1 unspecified atom stereocenters. The van der Waals surface area contributed by atoms with Crippen LogP contribution in [0.25, 0.3) is 10.9 Å². The summed E-state index contributed by atoms with van der Waals surface area (Å²) in [5, 5.41) is 1.05. The molecular weight excluding hydrogens is 282 g/mol. The Kier molecular flexibility index (Phi) is 2.59. The first-order valence-electron chi connectivity index (χ1n) is 5.48. The van der Waals surface area contributed by atoms with E-state index in [1.54, 1.807) is 6.20 Å². The van der Waals surface area contributed by atoms with Crippen LogP contribution in [0.3, 0.4) is 0 Å². The van der Waals surface area contributed by atoms with Gasteiger partial charge in [0.25, 0.3) is 0 Å². The van der Waals surface area contributed by atoms with Crippen LogP contribution in [0.1, 0.15) is 24.5 Å². The molecule has 1 aromatic carbocycles. The summed E-state index contributed by atoms with van der Waals surface area (Å²) < 4.78 is 6.31. The van der Waals surface area contributed by atoms with Gasteiger partial charge in [-0.25, -0.2) is 0 Å². The number of hydrogen-bond donors (Lipinski definition) is 0. The average Bonchev–Trinajstić information content (AvgIpc) is 2.77. The van der Waals surface area contributed by atoms with Crippen LogP contribution in [-0.2, 0) is 9.53 Å². The molecule has 0 spiro atoms. The number of hydrogen-bond acceptors (Lipinski definition) is 3. The average molecular weight is 292 g/mol. The van der Waals surface area contributed by atoms with Gasteiger partial charge in [0.15, 0.2) is 0 Å². The maximum absolute atomic E-state index is 11.2. The lowest BCUT2D eigenvalue weighted by Crippen LogP contribution is -2.00. The lowest BCUT2D eigenvalue weighted by molar-refractivity contribution is -0.141. The third-order valence-corrected chi connectivity index (χ3v) is 3.67. The van der Waals surface area contributed by atoms with Gasteiger partial charge < -0.3 is 4.74 Å². The molecule has 1 saturated heterocycles. The van der Waals surface area contributed by atoms with Crippen molar-refractivity contribution in [3.05, 3.63) is 40.5 Å². The summed E-state index contributed by atoms with van der Waals surface area (Å²) in [6.45, 7) is 0. The van der Waals surface area contributed by atoms with Gasteiger partial charge in [-0.05, 0) is 18.6 Å². The van der Waals surface area contributed by atoms with E-state index in [-0.39, 0.29) is 12.1 Å². The highest BCUT2D eigenvalue weighted by Gasteiger charge is 2.26. The number of aromatic nitrogens is 1. The van der Waals surface area contributed by atoms with E-state index >= 15 is 0 Å². The molecular formula is C13H10BrNO2. The van der Waals surface area contributed by atoms with Crippen LogP contribution in [-0.4, -0.2) is 11.0 Å². The van der Waals surface area contributed by atoms with Gasteiger partial charge in [0.2, 0.25) is 0 Å². The Labute approximate surface area is 107 Å². The van der Waals surface area contributed by atoms with Crippen molar-refractivity contribution in [1.82, 2.24) is 4.98 Å². The van der Waals surface area contributed by atoms with E-state index in [9.17, 15) is 4.79 Å². The molecule has 0 amide bonds. The van der Waals surface area contributed by atoms with E-state index in [4.69, 9.17) is 4.74 Å². The molecule has 3 nitrogen and oxygen atoms in total. The van der Waals surface area contributed by atoms with Crippen LogP contribution >= 0.6 is 15.9 Å². The topological polar surface area (TPSA) is 39.2 Å². The van der Waals surface area contributed by atoms with Crippen LogP contribution in [0.4, 0.5) is 0 Å². The van der Waals surface area contributed by atoms with E-state index < -0.39 is 0 Å². The molecule has 1 aromatic heterocycles. The molecule has 0 radical (unpaired) electrons. The van der Waals surface area contributed by atoms with Crippen molar-refractivity contribution in [2.24, 2.45) is 0 Å². The molecule has 1 fully saturated rings. The molecule has 86 valence electrons. The molecule has 0 saturated carbocycles. The van der Waals surface area contributed by atoms with Crippen LogP contribution in [0.2, 0.25) is 0 Å². The fourth-order valence-electron chi connectivity index (χ4n) is 2.16. The predicted molar refractivity (Wildman–Crippen MR) is 67.5 cm³/mol. The number of rotatable bonds is 1. The lowest BCUT2D eigenvalue weighted by Gasteiger charge is -2.12. The second kappa shape index (κ2) is 4.11. The summed E-state index contributed by atoms with van der Waals surface area (Å²) in [6.07, 6.45) is 2.85. The highest BCUT2D eigenvalue weighted by Crippen LogP contribution is 2.35. The second-order valence-corrected chi connectivity index (χ2v) is 4.91. The Balaban J connectivity index is 2.17. The van der Waals surface area contributed by atoms with Crippen molar-refractivity contribution in [2.45, 2.75) is 18.9 Å². The van der Waals surface area contributed by atoms with Gasteiger partial charge in [-0.1, -0.05) is 28.1 Å². The molecule has 1 aliphatic heterocycles. The molecule has 0 aliphatic carbocycles. The van der Waals surface area contributed by atoms with Crippen molar-refractivity contribution < 1.29 is 9.53 Å². The van der Waals surface area contributed by atoms with Crippen molar-refractivity contribution >= 4 is 32.8 Å². The van der Waals surface area contributed by atoms with Gasteiger partial charge in [0, 0.05) is 28.0 Å². The number of carbonyl (C=O) groups excluding carboxylic acids is 1. The van der Waals surface area contributed by atoms with E-state index in [1.807, 2.05) is 24.3 Å².